The van der Waals surface area contributed by atoms with E-state index in [2.05, 4.69) is 26.9 Å². The van der Waals surface area contributed by atoms with Gasteiger partial charge in [-0.05, 0) is 54.1 Å². The molecule has 1 amide bonds. The second kappa shape index (κ2) is 9.41. The molecular weight excluding hydrogens is 376 g/mol. The van der Waals surface area contributed by atoms with Gasteiger partial charge in [0.05, 0.1) is 5.69 Å². The van der Waals surface area contributed by atoms with E-state index in [-0.39, 0.29) is 5.91 Å². The molecule has 4 rings (SSSR count). The first-order chi connectivity index (χ1) is 14.7. The number of hydrogen-bond acceptors (Lipinski definition) is 5. The molecule has 30 heavy (non-hydrogen) atoms. The number of benzene rings is 2. The molecule has 0 saturated carbocycles. The second-order valence-electron chi connectivity index (χ2n) is 7.43. The third kappa shape index (κ3) is 5.15. The SMILES string of the molecule is NC(=O)c1ccc(N2CCN(Cc3ccc(OCc4ccccn4)cc3)CC2)cc1. The van der Waals surface area contributed by atoms with Gasteiger partial charge in [0.1, 0.15) is 12.4 Å². The number of amides is 1. The van der Waals surface area contributed by atoms with Crippen LogP contribution in [0.5, 0.6) is 5.75 Å². The van der Waals surface area contributed by atoms with E-state index in [0.29, 0.717) is 12.2 Å². The van der Waals surface area contributed by atoms with Crippen molar-refractivity contribution < 1.29 is 9.53 Å². The van der Waals surface area contributed by atoms with Crippen LogP contribution in [-0.2, 0) is 13.2 Å². The van der Waals surface area contributed by atoms with E-state index < -0.39 is 0 Å². The summed E-state index contributed by atoms with van der Waals surface area (Å²) in [5.74, 6) is 0.466. The largest absolute Gasteiger partial charge is 0.487 e. The lowest BCUT2D eigenvalue weighted by Crippen LogP contribution is -2.45. The number of carbonyl (C=O) groups excluding carboxylic acids is 1. The summed E-state index contributed by atoms with van der Waals surface area (Å²) in [6.07, 6.45) is 1.78. The van der Waals surface area contributed by atoms with E-state index in [1.807, 2.05) is 42.5 Å². The molecule has 6 nitrogen and oxygen atoms in total. The topological polar surface area (TPSA) is 71.7 Å². The summed E-state index contributed by atoms with van der Waals surface area (Å²) in [4.78, 5) is 20.3. The lowest BCUT2D eigenvalue weighted by molar-refractivity contribution is 0.100. The molecule has 2 heterocycles. The lowest BCUT2D eigenvalue weighted by atomic mass is 10.1. The molecule has 1 aliphatic heterocycles. The number of aromatic nitrogens is 1. The molecular formula is C24H26N4O2. The van der Waals surface area contributed by atoms with Crippen molar-refractivity contribution in [3.8, 4) is 5.75 Å². The van der Waals surface area contributed by atoms with Gasteiger partial charge in [0.15, 0.2) is 0 Å². The number of primary amides is 1. The van der Waals surface area contributed by atoms with Gasteiger partial charge in [0.2, 0.25) is 5.91 Å². The van der Waals surface area contributed by atoms with Crippen LogP contribution in [0.2, 0.25) is 0 Å². The highest BCUT2D eigenvalue weighted by Gasteiger charge is 2.17. The molecule has 2 N–H and O–H groups in total. The number of nitrogens with zero attached hydrogens (tertiary/aromatic N) is 3. The van der Waals surface area contributed by atoms with Crippen molar-refractivity contribution in [3.05, 3.63) is 89.7 Å². The highest BCUT2D eigenvalue weighted by Crippen LogP contribution is 2.19. The van der Waals surface area contributed by atoms with Crippen molar-refractivity contribution in [3.63, 3.8) is 0 Å². The van der Waals surface area contributed by atoms with E-state index in [0.717, 1.165) is 49.9 Å². The van der Waals surface area contributed by atoms with Gasteiger partial charge in [0.25, 0.3) is 0 Å². The van der Waals surface area contributed by atoms with E-state index in [1.165, 1.54) is 5.56 Å². The van der Waals surface area contributed by atoms with E-state index in [4.69, 9.17) is 10.5 Å². The molecule has 6 heteroatoms. The molecule has 0 radical (unpaired) electrons. The lowest BCUT2D eigenvalue weighted by Gasteiger charge is -2.36. The van der Waals surface area contributed by atoms with Crippen molar-refractivity contribution >= 4 is 11.6 Å². The Labute approximate surface area is 176 Å². The maximum Gasteiger partial charge on any atom is 0.248 e. The summed E-state index contributed by atoms with van der Waals surface area (Å²) < 4.78 is 5.81. The van der Waals surface area contributed by atoms with Crippen LogP contribution in [0.3, 0.4) is 0 Å². The van der Waals surface area contributed by atoms with E-state index >= 15 is 0 Å². The third-order valence-corrected chi connectivity index (χ3v) is 5.33. The van der Waals surface area contributed by atoms with Crippen LogP contribution in [-0.4, -0.2) is 42.0 Å². The van der Waals surface area contributed by atoms with Crippen molar-refractivity contribution in [2.45, 2.75) is 13.2 Å². The molecule has 1 fully saturated rings. The predicted octanol–water partition coefficient (Wildman–Crippen LogP) is 3.08. The first kappa shape index (κ1) is 19.9. The Morgan fingerprint density at radius 1 is 0.933 bits per heavy atom. The molecule has 2 aromatic carbocycles. The molecule has 154 valence electrons. The molecule has 1 saturated heterocycles. The van der Waals surface area contributed by atoms with Crippen molar-refractivity contribution in [2.75, 3.05) is 31.1 Å². The summed E-state index contributed by atoms with van der Waals surface area (Å²) >= 11 is 0. The highest BCUT2D eigenvalue weighted by molar-refractivity contribution is 5.93. The zero-order valence-electron chi connectivity index (χ0n) is 16.9. The van der Waals surface area contributed by atoms with Gasteiger partial charge in [-0.2, -0.15) is 0 Å². The van der Waals surface area contributed by atoms with Crippen LogP contribution < -0.4 is 15.4 Å². The first-order valence-electron chi connectivity index (χ1n) is 10.2. The summed E-state index contributed by atoms with van der Waals surface area (Å²) in [5, 5.41) is 0. The van der Waals surface area contributed by atoms with Crippen molar-refractivity contribution in [2.24, 2.45) is 5.73 Å². The number of piperazine rings is 1. The molecule has 0 bridgehead atoms. The molecule has 0 aliphatic carbocycles. The molecule has 0 unspecified atom stereocenters. The predicted molar refractivity (Wildman–Crippen MR) is 117 cm³/mol. The fourth-order valence-corrected chi connectivity index (χ4v) is 3.59. The Morgan fingerprint density at radius 3 is 2.30 bits per heavy atom. The van der Waals surface area contributed by atoms with Gasteiger partial charge < -0.3 is 15.4 Å². The summed E-state index contributed by atoms with van der Waals surface area (Å²) in [5.41, 5.74) is 9.19. The minimum atomic E-state index is -0.389. The van der Waals surface area contributed by atoms with Gasteiger partial charge >= 0.3 is 0 Å². The summed E-state index contributed by atoms with van der Waals surface area (Å²) in [6.45, 7) is 5.31. The minimum Gasteiger partial charge on any atom is -0.487 e. The highest BCUT2D eigenvalue weighted by atomic mass is 16.5. The van der Waals surface area contributed by atoms with Crippen LogP contribution in [0, 0.1) is 0 Å². The second-order valence-corrected chi connectivity index (χ2v) is 7.43. The Morgan fingerprint density at radius 2 is 1.67 bits per heavy atom. The number of hydrogen-bond donors (Lipinski definition) is 1. The number of anilines is 1. The van der Waals surface area contributed by atoms with Crippen molar-refractivity contribution in [1.82, 2.24) is 9.88 Å². The van der Waals surface area contributed by atoms with Gasteiger partial charge in [-0.3, -0.25) is 14.7 Å². The molecule has 0 spiro atoms. The van der Waals surface area contributed by atoms with Gasteiger partial charge in [-0.25, -0.2) is 0 Å². The Balaban J connectivity index is 1.25. The number of nitrogens with two attached hydrogens (primary N) is 1. The zero-order chi connectivity index (χ0) is 20.8. The maximum atomic E-state index is 11.2. The minimum absolute atomic E-state index is 0.389. The van der Waals surface area contributed by atoms with Gasteiger partial charge in [0, 0.05) is 50.2 Å². The first-order valence-corrected chi connectivity index (χ1v) is 10.2. The molecule has 0 atom stereocenters. The number of carbonyl (C=O) groups is 1. The zero-order valence-corrected chi connectivity index (χ0v) is 16.9. The molecule has 1 aromatic heterocycles. The van der Waals surface area contributed by atoms with Crippen LogP contribution in [0.1, 0.15) is 21.6 Å². The third-order valence-electron chi connectivity index (χ3n) is 5.33. The fraction of sp³-hybridized carbons (Fsp3) is 0.250. The normalized spacial score (nSPS) is 14.5. The fourth-order valence-electron chi connectivity index (χ4n) is 3.59. The van der Waals surface area contributed by atoms with Crippen molar-refractivity contribution in [1.29, 1.82) is 0 Å². The quantitative estimate of drug-likeness (QED) is 0.658. The van der Waals surface area contributed by atoms with E-state index in [1.54, 1.807) is 18.3 Å². The van der Waals surface area contributed by atoms with Crippen LogP contribution >= 0.6 is 0 Å². The average molecular weight is 402 g/mol. The van der Waals surface area contributed by atoms with Gasteiger partial charge in [-0.1, -0.05) is 18.2 Å². The van der Waals surface area contributed by atoms with Gasteiger partial charge in [-0.15, -0.1) is 0 Å². The summed E-state index contributed by atoms with van der Waals surface area (Å²) in [7, 11) is 0. The van der Waals surface area contributed by atoms with E-state index in [9.17, 15) is 4.79 Å². The Bertz CT molecular complexity index is 951. The Kier molecular flexibility index (Phi) is 6.25. The molecule has 3 aromatic rings. The average Bonchev–Trinajstić information content (AvgIpc) is 2.80. The monoisotopic (exact) mass is 402 g/mol. The summed E-state index contributed by atoms with van der Waals surface area (Å²) in [6, 6.07) is 21.7. The Hall–Kier alpha value is -3.38. The number of ether oxygens (including phenoxy) is 1. The van der Waals surface area contributed by atoms with Crippen LogP contribution in [0.15, 0.2) is 72.9 Å². The standard InChI is InChI=1S/C24H26N4O2/c25-24(29)20-6-8-22(9-7-20)28-15-13-27(14-16-28)17-19-4-10-23(11-5-19)30-18-21-3-1-2-12-26-21/h1-12H,13-18H2,(H2,25,29). The van der Waals surface area contributed by atoms with Crippen LogP contribution in [0.4, 0.5) is 5.69 Å². The molecule has 1 aliphatic rings. The smallest absolute Gasteiger partial charge is 0.248 e. The number of rotatable bonds is 7. The van der Waals surface area contributed by atoms with Crippen LogP contribution in [0.25, 0.3) is 0 Å². The maximum absolute atomic E-state index is 11.2. The number of pyridine rings is 1.